The quantitative estimate of drug-likeness (QED) is 0.369. The molecule has 0 spiro atoms. The predicted molar refractivity (Wildman–Crippen MR) is 103 cm³/mol. The summed E-state index contributed by atoms with van der Waals surface area (Å²) in [7, 11) is -1.98. The molecule has 0 bridgehead atoms. The van der Waals surface area contributed by atoms with Gasteiger partial charge in [0.15, 0.2) is 5.78 Å². The van der Waals surface area contributed by atoms with Crippen molar-refractivity contribution in [2.24, 2.45) is 0 Å². The van der Waals surface area contributed by atoms with Crippen LogP contribution < -0.4 is 18.7 Å². The molecule has 2 aromatic rings. The highest BCUT2D eigenvalue weighted by Crippen LogP contribution is 2.41. The van der Waals surface area contributed by atoms with Crippen molar-refractivity contribution < 1.29 is 37.9 Å². The van der Waals surface area contributed by atoms with Gasteiger partial charge in [-0.1, -0.05) is 6.07 Å². The fourth-order valence-electron chi connectivity index (χ4n) is 2.44. The number of carbonyl (C=O) groups excluding carboxylic acids is 1. The number of hydrogen-bond donors (Lipinski definition) is 2. The Labute approximate surface area is 162 Å². The largest absolute Gasteiger partial charge is 0.524 e. The summed E-state index contributed by atoms with van der Waals surface area (Å²) < 4.78 is 31.7. The molecule has 8 nitrogen and oxygen atoms in total. The number of allylic oxidation sites excluding steroid dienone is 1. The predicted octanol–water partition coefficient (Wildman–Crippen LogP) is 3.47. The highest BCUT2D eigenvalue weighted by Gasteiger charge is 2.23. The summed E-state index contributed by atoms with van der Waals surface area (Å²) in [5.41, 5.74) is 0.527. The molecule has 2 aromatic carbocycles. The maximum absolute atomic E-state index is 12.7. The van der Waals surface area contributed by atoms with E-state index >= 15 is 0 Å². The van der Waals surface area contributed by atoms with Crippen molar-refractivity contribution in [1.82, 2.24) is 0 Å². The summed E-state index contributed by atoms with van der Waals surface area (Å²) in [4.78, 5) is 30.9. The van der Waals surface area contributed by atoms with Crippen molar-refractivity contribution in [1.29, 1.82) is 0 Å². The van der Waals surface area contributed by atoms with E-state index in [0.717, 1.165) is 0 Å². The molecular weight excluding hydrogens is 387 g/mol. The van der Waals surface area contributed by atoms with Crippen molar-refractivity contribution >= 4 is 19.7 Å². The lowest BCUT2D eigenvalue weighted by atomic mass is 10.1. The van der Waals surface area contributed by atoms with Crippen LogP contribution in [0.15, 0.2) is 42.5 Å². The lowest BCUT2D eigenvalue weighted by Crippen LogP contribution is -2.03. The molecular formula is C19H21O8P. The van der Waals surface area contributed by atoms with Gasteiger partial charge < -0.3 is 18.7 Å². The van der Waals surface area contributed by atoms with E-state index in [-0.39, 0.29) is 17.1 Å². The molecule has 28 heavy (non-hydrogen) atoms. The fraction of sp³-hybridized carbons (Fsp3) is 0.211. The Balaban J connectivity index is 2.41. The fourth-order valence-corrected chi connectivity index (χ4v) is 2.85. The molecule has 2 N–H and O–H groups in total. The minimum atomic E-state index is -4.85. The number of phosphoric ester groups is 1. The van der Waals surface area contributed by atoms with Crippen LogP contribution in [0.1, 0.15) is 22.8 Å². The second-order valence-corrected chi connectivity index (χ2v) is 6.61. The zero-order chi connectivity index (χ0) is 20.7. The van der Waals surface area contributed by atoms with Gasteiger partial charge in [0.05, 0.1) is 20.8 Å². The van der Waals surface area contributed by atoms with Crippen LogP contribution in [0, 0.1) is 0 Å². The zero-order valence-corrected chi connectivity index (χ0v) is 16.5. The summed E-state index contributed by atoms with van der Waals surface area (Å²) in [6.45, 7) is 2.26. The van der Waals surface area contributed by atoms with Gasteiger partial charge in [-0.15, -0.1) is 0 Å². The summed E-state index contributed by atoms with van der Waals surface area (Å²) in [6.07, 6.45) is 2.77. The van der Waals surface area contributed by atoms with Crippen LogP contribution in [-0.4, -0.2) is 36.4 Å². The first-order chi connectivity index (χ1) is 13.3. The Morgan fingerprint density at radius 3 is 2.39 bits per heavy atom. The average Bonchev–Trinajstić information content (AvgIpc) is 2.65. The van der Waals surface area contributed by atoms with Crippen molar-refractivity contribution in [3.8, 4) is 23.0 Å². The molecule has 0 unspecified atom stereocenters. The maximum Gasteiger partial charge on any atom is 0.524 e. The Morgan fingerprint density at radius 2 is 1.79 bits per heavy atom. The minimum absolute atomic E-state index is 0.101. The van der Waals surface area contributed by atoms with E-state index in [1.54, 1.807) is 18.2 Å². The number of ether oxygens (including phenoxy) is 3. The Bertz CT molecular complexity index is 916. The Kier molecular flexibility index (Phi) is 7.23. The third-order valence-corrected chi connectivity index (χ3v) is 4.04. The molecule has 0 saturated heterocycles. The number of carbonyl (C=O) groups is 1. The number of phosphoric acid groups is 1. The third kappa shape index (κ3) is 5.60. The first-order valence-corrected chi connectivity index (χ1v) is 9.77. The van der Waals surface area contributed by atoms with Crippen LogP contribution in [0.4, 0.5) is 0 Å². The molecule has 0 saturated carbocycles. The molecule has 0 aromatic heterocycles. The summed E-state index contributed by atoms with van der Waals surface area (Å²) >= 11 is 0. The molecule has 0 fully saturated rings. The first-order valence-electron chi connectivity index (χ1n) is 8.24. The van der Waals surface area contributed by atoms with Crippen molar-refractivity contribution in [3.63, 3.8) is 0 Å². The maximum atomic E-state index is 12.7. The van der Waals surface area contributed by atoms with Gasteiger partial charge >= 0.3 is 7.82 Å². The van der Waals surface area contributed by atoms with Gasteiger partial charge in [0.1, 0.15) is 28.6 Å². The van der Waals surface area contributed by atoms with E-state index in [9.17, 15) is 9.36 Å². The number of benzene rings is 2. The van der Waals surface area contributed by atoms with Gasteiger partial charge in [-0.25, -0.2) is 4.57 Å². The molecule has 0 atom stereocenters. The number of rotatable bonds is 9. The van der Waals surface area contributed by atoms with E-state index in [2.05, 4.69) is 4.52 Å². The second-order valence-electron chi connectivity index (χ2n) is 5.45. The monoisotopic (exact) mass is 408 g/mol. The van der Waals surface area contributed by atoms with Gasteiger partial charge in [0, 0.05) is 11.6 Å². The van der Waals surface area contributed by atoms with Crippen molar-refractivity contribution in [3.05, 3.63) is 53.6 Å². The molecule has 0 aliphatic carbocycles. The van der Waals surface area contributed by atoms with E-state index in [1.807, 2.05) is 6.92 Å². The van der Waals surface area contributed by atoms with E-state index in [4.69, 9.17) is 24.0 Å². The number of hydrogen-bond acceptors (Lipinski definition) is 6. The molecule has 0 radical (unpaired) electrons. The highest BCUT2D eigenvalue weighted by atomic mass is 31.2. The van der Waals surface area contributed by atoms with E-state index in [0.29, 0.717) is 23.7 Å². The standard InChI is InChI=1S/C19H21O8P/c1-4-26-18-12-14(24-2)10-8-13(18)9-11-15(20)19-16(25-3)6-5-7-17(19)27-28(21,22)23/h5-12H,4H2,1-3H3,(H2,21,22,23). The third-order valence-electron chi connectivity index (χ3n) is 3.61. The minimum Gasteiger partial charge on any atom is -0.497 e. The van der Waals surface area contributed by atoms with Crippen LogP contribution in [0.3, 0.4) is 0 Å². The molecule has 2 rings (SSSR count). The van der Waals surface area contributed by atoms with Crippen LogP contribution in [-0.2, 0) is 4.57 Å². The topological polar surface area (TPSA) is 112 Å². The molecule has 9 heteroatoms. The van der Waals surface area contributed by atoms with Crippen LogP contribution in [0.25, 0.3) is 6.08 Å². The van der Waals surface area contributed by atoms with Crippen molar-refractivity contribution in [2.45, 2.75) is 6.92 Å². The Hall–Kier alpha value is -2.80. The van der Waals surface area contributed by atoms with Gasteiger partial charge in [-0.2, -0.15) is 0 Å². The van der Waals surface area contributed by atoms with Gasteiger partial charge in [-0.05, 0) is 43.3 Å². The summed E-state index contributed by atoms with van der Waals surface area (Å²) in [6, 6.07) is 9.37. The van der Waals surface area contributed by atoms with E-state index in [1.165, 1.54) is 44.6 Å². The molecule has 0 aliphatic heterocycles. The van der Waals surface area contributed by atoms with Gasteiger partial charge in [0.2, 0.25) is 0 Å². The van der Waals surface area contributed by atoms with Gasteiger partial charge in [0.25, 0.3) is 0 Å². The summed E-state index contributed by atoms with van der Waals surface area (Å²) in [5, 5.41) is 0. The highest BCUT2D eigenvalue weighted by molar-refractivity contribution is 7.46. The van der Waals surface area contributed by atoms with Crippen LogP contribution in [0.2, 0.25) is 0 Å². The molecule has 0 amide bonds. The lowest BCUT2D eigenvalue weighted by molar-refractivity contribution is 0.104. The SMILES string of the molecule is CCOc1cc(OC)ccc1C=CC(=O)c1c(OC)cccc1OP(=O)(O)O. The second kappa shape index (κ2) is 9.41. The van der Waals surface area contributed by atoms with Crippen LogP contribution in [0.5, 0.6) is 23.0 Å². The van der Waals surface area contributed by atoms with Crippen LogP contribution >= 0.6 is 7.82 Å². The van der Waals surface area contributed by atoms with Crippen molar-refractivity contribution in [2.75, 3.05) is 20.8 Å². The lowest BCUT2D eigenvalue weighted by Gasteiger charge is -2.13. The first kappa shape index (κ1) is 21.5. The van der Waals surface area contributed by atoms with E-state index < -0.39 is 13.6 Å². The Morgan fingerprint density at radius 1 is 1.07 bits per heavy atom. The average molecular weight is 408 g/mol. The zero-order valence-electron chi connectivity index (χ0n) is 15.6. The smallest absolute Gasteiger partial charge is 0.497 e. The molecule has 0 aliphatic rings. The number of methoxy groups -OCH3 is 2. The molecule has 150 valence electrons. The normalized spacial score (nSPS) is 11.3. The molecule has 0 heterocycles. The van der Waals surface area contributed by atoms with Gasteiger partial charge in [-0.3, -0.25) is 14.6 Å². The summed E-state index contributed by atoms with van der Waals surface area (Å²) in [5.74, 6) is 0.424. The number of ketones is 1.